The van der Waals surface area contributed by atoms with Crippen molar-refractivity contribution >= 4 is 0 Å². The maximum atomic E-state index is 9.43. The van der Waals surface area contributed by atoms with Gasteiger partial charge in [-0.15, -0.1) is 0 Å². The summed E-state index contributed by atoms with van der Waals surface area (Å²) in [6, 6.07) is 0. The lowest BCUT2D eigenvalue weighted by Crippen LogP contribution is -2.32. The maximum absolute atomic E-state index is 9.43. The minimum absolute atomic E-state index is 0.194. The number of aliphatic hydroxyl groups excluding tert-OH is 1. The molecule has 2 rings (SSSR count). The number of aliphatic hydroxyl groups is 1. The molecule has 0 unspecified atom stereocenters. The molecule has 2 aliphatic heterocycles. The van der Waals surface area contributed by atoms with Crippen molar-refractivity contribution in [3.8, 4) is 0 Å². The quantitative estimate of drug-likeness (QED) is 0.505. The van der Waals surface area contributed by atoms with Crippen molar-refractivity contribution in [1.29, 1.82) is 0 Å². The van der Waals surface area contributed by atoms with Crippen LogP contribution >= 0.6 is 0 Å². The van der Waals surface area contributed by atoms with Gasteiger partial charge in [-0.1, -0.05) is 0 Å². The largest absolute Gasteiger partial charge is 0.390 e. The standard InChI is InChI=1S/C8H12O2/c1-5-4-8(2)7(9)3-6(5)10-8/h4,6-7,9H,3H2,1-2H3/t6-,7-,8-/m0/s1. The van der Waals surface area contributed by atoms with E-state index in [2.05, 4.69) is 6.92 Å². The normalized spacial score (nSPS) is 51.7. The topological polar surface area (TPSA) is 29.5 Å². The van der Waals surface area contributed by atoms with E-state index in [4.69, 9.17) is 4.74 Å². The first kappa shape index (κ1) is 6.38. The van der Waals surface area contributed by atoms with Gasteiger partial charge in [-0.25, -0.2) is 0 Å². The average molecular weight is 140 g/mol. The summed E-state index contributed by atoms with van der Waals surface area (Å²) in [4.78, 5) is 0. The molecule has 0 amide bonds. The van der Waals surface area contributed by atoms with Gasteiger partial charge in [-0.2, -0.15) is 0 Å². The molecular weight excluding hydrogens is 128 g/mol. The SMILES string of the molecule is CC1=C[C@]2(C)O[C@H]1C[C@@H]2O. The van der Waals surface area contributed by atoms with E-state index in [9.17, 15) is 5.11 Å². The second kappa shape index (κ2) is 1.63. The van der Waals surface area contributed by atoms with Gasteiger partial charge in [0, 0.05) is 6.42 Å². The van der Waals surface area contributed by atoms with E-state index in [0.717, 1.165) is 6.42 Å². The number of ether oxygens (including phenoxy) is 1. The molecule has 0 radical (unpaired) electrons. The minimum atomic E-state index is -0.366. The summed E-state index contributed by atoms with van der Waals surface area (Å²) in [7, 11) is 0. The van der Waals surface area contributed by atoms with Crippen LogP contribution in [0, 0.1) is 0 Å². The van der Waals surface area contributed by atoms with Crippen molar-refractivity contribution in [2.24, 2.45) is 0 Å². The molecule has 56 valence electrons. The highest BCUT2D eigenvalue weighted by molar-refractivity contribution is 5.26. The molecule has 2 aliphatic rings. The number of fused-ring (bicyclic) bond motifs is 2. The minimum Gasteiger partial charge on any atom is -0.390 e. The van der Waals surface area contributed by atoms with Crippen LogP contribution in [0.5, 0.6) is 0 Å². The van der Waals surface area contributed by atoms with Crippen molar-refractivity contribution in [2.45, 2.75) is 38.1 Å². The molecule has 0 aromatic carbocycles. The van der Waals surface area contributed by atoms with Gasteiger partial charge in [0.2, 0.25) is 0 Å². The molecule has 0 aromatic rings. The summed E-state index contributed by atoms with van der Waals surface area (Å²) < 4.78 is 5.54. The summed E-state index contributed by atoms with van der Waals surface area (Å²) in [5.74, 6) is 0. The second-order valence-electron chi connectivity index (χ2n) is 3.43. The third-order valence-electron chi connectivity index (χ3n) is 2.52. The Kier molecular flexibility index (Phi) is 1.04. The van der Waals surface area contributed by atoms with Crippen molar-refractivity contribution in [1.82, 2.24) is 0 Å². The van der Waals surface area contributed by atoms with Crippen LogP contribution in [0.4, 0.5) is 0 Å². The van der Waals surface area contributed by atoms with Crippen LogP contribution in [0.1, 0.15) is 20.3 Å². The Bertz CT molecular complexity index is 197. The Morgan fingerprint density at radius 3 is 2.80 bits per heavy atom. The Hall–Kier alpha value is -0.340. The van der Waals surface area contributed by atoms with E-state index in [1.165, 1.54) is 5.57 Å². The van der Waals surface area contributed by atoms with Crippen LogP contribution in [-0.4, -0.2) is 22.9 Å². The lowest BCUT2D eigenvalue weighted by molar-refractivity contribution is -0.00947. The zero-order valence-corrected chi connectivity index (χ0v) is 6.29. The molecule has 1 N–H and O–H groups in total. The summed E-state index contributed by atoms with van der Waals surface area (Å²) >= 11 is 0. The number of rotatable bonds is 0. The highest BCUT2D eigenvalue weighted by atomic mass is 16.5. The third-order valence-corrected chi connectivity index (χ3v) is 2.52. The van der Waals surface area contributed by atoms with Gasteiger partial charge in [-0.05, 0) is 25.5 Å². The van der Waals surface area contributed by atoms with E-state index >= 15 is 0 Å². The van der Waals surface area contributed by atoms with E-state index in [1.807, 2.05) is 13.0 Å². The van der Waals surface area contributed by atoms with E-state index in [0.29, 0.717) is 0 Å². The molecule has 0 spiro atoms. The second-order valence-corrected chi connectivity index (χ2v) is 3.43. The molecule has 2 nitrogen and oxygen atoms in total. The fourth-order valence-electron chi connectivity index (χ4n) is 1.82. The lowest BCUT2D eigenvalue weighted by atomic mass is 9.90. The Morgan fingerprint density at radius 1 is 1.80 bits per heavy atom. The van der Waals surface area contributed by atoms with Crippen LogP contribution < -0.4 is 0 Å². The Balaban J connectivity index is 2.36. The third kappa shape index (κ3) is 0.607. The first-order chi connectivity index (χ1) is 4.62. The highest BCUT2D eigenvalue weighted by Crippen LogP contribution is 2.41. The van der Waals surface area contributed by atoms with Crippen molar-refractivity contribution in [3.05, 3.63) is 11.6 Å². The van der Waals surface area contributed by atoms with E-state index < -0.39 is 0 Å². The Morgan fingerprint density at radius 2 is 2.50 bits per heavy atom. The summed E-state index contributed by atoms with van der Waals surface area (Å²) in [5, 5.41) is 9.43. The van der Waals surface area contributed by atoms with Crippen molar-refractivity contribution < 1.29 is 9.84 Å². The zero-order valence-electron chi connectivity index (χ0n) is 6.29. The summed E-state index contributed by atoms with van der Waals surface area (Å²) in [5.41, 5.74) is 0.905. The van der Waals surface area contributed by atoms with Crippen LogP contribution in [0.3, 0.4) is 0 Å². The summed E-state index contributed by atoms with van der Waals surface area (Å²) in [6.07, 6.45) is 2.71. The van der Waals surface area contributed by atoms with Crippen LogP contribution in [0.25, 0.3) is 0 Å². The van der Waals surface area contributed by atoms with Crippen molar-refractivity contribution in [2.75, 3.05) is 0 Å². The molecular formula is C8H12O2. The van der Waals surface area contributed by atoms with Gasteiger partial charge in [-0.3, -0.25) is 0 Å². The fourth-order valence-corrected chi connectivity index (χ4v) is 1.82. The smallest absolute Gasteiger partial charge is 0.110 e. The molecule has 0 aromatic heterocycles. The molecule has 2 heteroatoms. The number of hydrogen-bond donors (Lipinski definition) is 1. The van der Waals surface area contributed by atoms with E-state index in [-0.39, 0.29) is 17.8 Å². The zero-order chi connectivity index (χ0) is 7.35. The molecule has 1 fully saturated rings. The first-order valence-corrected chi connectivity index (χ1v) is 3.67. The van der Waals surface area contributed by atoms with Gasteiger partial charge in [0.15, 0.2) is 0 Å². The maximum Gasteiger partial charge on any atom is 0.110 e. The van der Waals surface area contributed by atoms with Crippen LogP contribution in [-0.2, 0) is 4.74 Å². The van der Waals surface area contributed by atoms with Gasteiger partial charge in [0.05, 0.1) is 12.2 Å². The molecule has 10 heavy (non-hydrogen) atoms. The molecule has 1 saturated heterocycles. The molecule has 2 heterocycles. The van der Waals surface area contributed by atoms with Gasteiger partial charge >= 0.3 is 0 Å². The van der Waals surface area contributed by atoms with Gasteiger partial charge in [0.1, 0.15) is 5.60 Å². The fraction of sp³-hybridized carbons (Fsp3) is 0.750. The van der Waals surface area contributed by atoms with Crippen LogP contribution in [0.2, 0.25) is 0 Å². The van der Waals surface area contributed by atoms with E-state index in [1.54, 1.807) is 0 Å². The monoisotopic (exact) mass is 140 g/mol. The predicted octanol–water partition coefficient (Wildman–Crippen LogP) is 0.855. The van der Waals surface area contributed by atoms with Crippen molar-refractivity contribution in [3.63, 3.8) is 0 Å². The predicted molar refractivity (Wildman–Crippen MR) is 37.7 cm³/mol. The molecule has 0 saturated carbocycles. The van der Waals surface area contributed by atoms with Gasteiger partial charge in [0.25, 0.3) is 0 Å². The number of hydrogen-bond acceptors (Lipinski definition) is 2. The highest BCUT2D eigenvalue weighted by Gasteiger charge is 2.48. The summed E-state index contributed by atoms with van der Waals surface area (Å²) in [6.45, 7) is 4.00. The van der Waals surface area contributed by atoms with Crippen LogP contribution in [0.15, 0.2) is 11.6 Å². The molecule has 2 bridgehead atoms. The van der Waals surface area contributed by atoms with Gasteiger partial charge < -0.3 is 9.84 Å². The first-order valence-electron chi connectivity index (χ1n) is 3.67. The average Bonchev–Trinajstić information content (AvgIpc) is 2.20. The Labute approximate surface area is 60.5 Å². The lowest BCUT2D eigenvalue weighted by Gasteiger charge is -2.20. The molecule has 0 aliphatic carbocycles. The molecule has 3 atom stereocenters.